The topological polar surface area (TPSA) is 57.3 Å². The Hall–Kier alpha value is -1.38. The van der Waals surface area contributed by atoms with Gasteiger partial charge in [-0.15, -0.1) is 11.3 Å². The number of fused-ring (bicyclic) bond motifs is 1. The number of thiophene rings is 1. The minimum atomic E-state index is 0.0654. The Bertz CT molecular complexity index is 594. The minimum Gasteiger partial charge on any atom is -0.327 e. The number of carbonyl (C=O) groups excluding carboxylic acids is 1. The first kappa shape index (κ1) is 16.5. The number of quaternary nitrogens is 1. The van der Waals surface area contributed by atoms with Gasteiger partial charge in [0, 0.05) is 4.88 Å². The number of carbonyl (C=O) groups is 1. The van der Waals surface area contributed by atoms with E-state index >= 15 is 0 Å². The van der Waals surface area contributed by atoms with Crippen LogP contribution in [0.25, 0.3) is 0 Å². The number of likely N-dealkylation sites (tertiary alicyclic amines) is 1. The van der Waals surface area contributed by atoms with E-state index in [1.165, 1.54) is 53.9 Å². The molecule has 0 aromatic carbocycles. The summed E-state index contributed by atoms with van der Waals surface area (Å²) in [6, 6.07) is 2.32. The van der Waals surface area contributed by atoms with E-state index in [1.807, 2.05) is 0 Å². The van der Waals surface area contributed by atoms with Crippen molar-refractivity contribution in [3.63, 3.8) is 0 Å². The molecule has 1 aliphatic carbocycles. The fourth-order valence-electron chi connectivity index (χ4n) is 3.75. The molecular formula is C18H26N3OS+. The Morgan fingerprint density at radius 1 is 1.09 bits per heavy atom. The molecule has 2 aliphatic rings. The average Bonchev–Trinajstić information content (AvgIpc) is 2.86. The van der Waals surface area contributed by atoms with Gasteiger partial charge in [-0.3, -0.25) is 4.79 Å². The largest absolute Gasteiger partial charge is 0.327 e. The lowest BCUT2D eigenvalue weighted by Crippen LogP contribution is -3.13. The van der Waals surface area contributed by atoms with Gasteiger partial charge in [0.2, 0.25) is 0 Å². The summed E-state index contributed by atoms with van der Waals surface area (Å²) >= 11 is 1.62. The zero-order chi connectivity index (χ0) is 16.1. The minimum absolute atomic E-state index is 0.0654. The highest BCUT2D eigenvalue weighted by Crippen LogP contribution is 2.37. The lowest BCUT2D eigenvalue weighted by Gasteiger charge is -2.21. The Balaban J connectivity index is 1.63. The molecule has 0 saturated carbocycles. The predicted octanol–water partition coefficient (Wildman–Crippen LogP) is 2.29. The maximum Gasteiger partial charge on any atom is 0.280 e. The van der Waals surface area contributed by atoms with E-state index < -0.39 is 0 Å². The number of hydrogen-bond acceptors (Lipinski definition) is 3. The number of aryl methyl sites for hydroxylation is 1. The standard InChI is InChI=1S/C18H25N3OS/c19-12-15-14-8-4-5-9-16(14)23-18(15)20-17(22)13-21-10-6-2-1-3-7-11-21/h1-11,13H2,(H,20,22)/p+1. The second kappa shape index (κ2) is 7.94. The summed E-state index contributed by atoms with van der Waals surface area (Å²) in [4.78, 5) is 15.1. The second-order valence-electron chi connectivity index (χ2n) is 6.77. The van der Waals surface area contributed by atoms with E-state index in [2.05, 4.69) is 11.4 Å². The van der Waals surface area contributed by atoms with E-state index in [0.29, 0.717) is 6.54 Å². The molecule has 1 aromatic rings. The summed E-state index contributed by atoms with van der Waals surface area (Å²) in [6.07, 6.45) is 10.8. The number of nitrogens with one attached hydrogen (secondary N) is 2. The normalized spacial score (nSPS) is 19.3. The van der Waals surface area contributed by atoms with Crippen LogP contribution in [0, 0.1) is 11.3 Å². The predicted molar refractivity (Wildman–Crippen MR) is 93.0 cm³/mol. The fraction of sp³-hybridized carbons (Fsp3) is 0.667. The first-order valence-corrected chi connectivity index (χ1v) is 9.77. The van der Waals surface area contributed by atoms with Gasteiger partial charge >= 0.3 is 0 Å². The van der Waals surface area contributed by atoms with Crippen LogP contribution in [0.4, 0.5) is 5.00 Å². The van der Waals surface area contributed by atoms with Crippen molar-refractivity contribution in [2.75, 3.05) is 25.0 Å². The molecule has 5 heteroatoms. The monoisotopic (exact) mass is 332 g/mol. The van der Waals surface area contributed by atoms with Gasteiger partial charge < -0.3 is 10.2 Å². The van der Waals surface area contributed by atoms with Crippen LogP contribution in [0.2, 0.25) is 0 Å². The van der Waals surface area contributed by atoms with Crippen molar-refractivity contribution in [1.29, 1.82) is 5.26 Å². The van der Waals surface area contributed by atoms with Crippen molar-refractivity contribution in [2.24, 2.45) is 0 Å². The van der Waals surface area contributed by atoms with Crippen LogP contribution < -0.4 is 10.2 Å². The van der Waals surface area contributed by atoms with Gasteiger partial charge in [-0.05, 0) is 56.9 Å². The van der Waals surface area contributed by atoms with Crippen molar-refractivity contribution in [1.82, 2.24) is 0 Å². The number of rotatable bonds is 3. The fourth-order valence-corrected chi connectivity index (χ4v) is 5.01. The van der Waals surface area contributed by atoms with Crippen molar-refractivity contribution in [2.45, 2.75) is 57.8 Å². The summed E-state index contributed by atoms with van der Waals surface area (Å²) in [5.41, 5.74) is 1.92. The smallest absolute Gasteiger partial charge is 0.280 e. The summed E-state index contributed by atoms with van der Waals surface area (Å²) in [5.74, 6) is 0.0654. The highest BCUT2D eigenvalue weighted by molar-refractivity contribution is 7.16. The zero-order valence-corrected chi connectivity index (χ0v) is 14.6. The van der Waals surface area contributed by atoms with E-state index in [0.717, 1.165) is 42.9 Å². The summed E-state index contributed by atoms with van der Waals surface area (Å²) in [5, 5.41) is 13.3. The SMILES string of the molecule is N#Cc1c(NC(=O)C[NH+]2CCCCCCC2)sc2c1CCCC2. The molecule has 1 aliphatic heterocycles. The molecule has 0 unspecified atom stereocenters. The van der Waals surface area contributed by atoms with Crippen LogP contribution in [-0.2, 0) is 17.6 Å². The van der Waals surface area contributed by atoms with Crippen LogP contribution in [0.15, 0.2) is 0 Å². The van der Waals surface area contributed by atoms with E-state index in [9.17, 15) is 10.1 Å². The van der Waals surface area contributed by atoms with Crippen LogP contribution in [-0.4, -0.2) is 25.5 Å². The maximum atomic E-state index is 12.4. The van der Waals surface area contributed by atoms with E-state index in [1.54, 1.807) is 11.3 Å². The molecule has 124 valence electrons. The molecule has 0 radical (unpaired) electrons. The van der Waals surface area contributed by atoms with Gasteiger partial charge in [0.25, 0.3) is 5.91 Å². The van der Waals surface area contributed by atoms with Crippen molar-refractivity contribution in [3.05, 3.63) is 16.0 Å². The molecular weight excluding hydrogens is 306 g/mol. The molecule has 2 N–H and O–H groups in total. The summed E-state index contributed by atoms with van der Waals surface area (Å²) < 4.78 is 0. The average molecular weight is 332 g/mol. The van der Waals surface area contributed by atoms with Gasteiger partial charge in [-0.1, -0.05) is 6.42 Å². The molecule has 1 saturated heterocycles. The summed E-state index contributed by atoms with van der Waals surface area (Å²) in [6.45, 7) is 2.73. The molecule has 0 atom stereocenters. The number of anilines is 1. The van der Waals surface area contributed by atoms with Gasteiger partial charge in [0.15, 0.2) is 6.54 Å². The number of hydrogen-bond donors (Lipinski definition) is 2. The van der Waals surface area contributed by atoms with Crippen molar-refractivity contribution < 1.29 is 9.69 Å². The lowest BCUT2D eigenvalue weighted by atomic mass is 9.96. The molecule has 1 amide bonds. The number of nitrogens with zero attached hydrogens (tertiary/aromatic N) is 1. The Morgan fingerprint density at radius 2 is 1.78 bits per heavy atom. The first-order chi connectivity index (χ1) is 11.3. The van der Waals surface area contributed by atoms with Gasteiger partial charge in [0.05, 0.1) is 18.7 Å². The van der Waals surface area contributed by atoms with E-state index in [-0.39, 0.29) is 5.91 Å². The van der Waals surface area contributed by atoms with Gasteiger partial charge in [0.1, 0.15) is 11.1 Å². The third kappa shape index (κ3) is 4.13. The van der Waals surface area contributed by atoms with Crippen LogP contribution in [0.5, 0.6) is 0 Å². The zero-order valence-electron chi connectivity index (χ0n) is 13.7. The Kier molecular flexibility index (Phi) is 5.69. The van der Waals surface area contributed by atoms with Crippen molar-refractivity contribution in [3.8, 4) is 6.07 Å². The molecule has 1 aromatic heterocycles. The quantitative estimate of drug-likeness (QED) is 0.892. The molecule has 0 spiro atoms. The Labute approximate surface area is 142 Å². The molecule has 23 heavy (non-hydrogen) atoms. The third-order valence-corrected chi connectivity index (χ3v) is 6.21. The Morgan fingerprint density at radius 3 is 2.52 bits per heavy atom. The third-order valence-electron chi connectivity index (χ3n) is 5.01. The van der Waals surface area contributed by atoms with Crippen LogP contribution >= 0.6 is 11.3 Å². The van der Waals surface area contributed by atoms with Crippen LogP contribution in [0.1, 0.15) is 60.9 Å². The number of amides is 1. The molecule has 2 heterocycles. The number of nitriles is 1. The maximum absolute atomic E-state index is 12.4. The van der Waals surface area contributed by atoms with Crippen molar-refractivity contribution >= 4 is 22.2 Å². The molecule has 1 fully saturated rings. The summed E-state index contributed by atoms with van der Waals surface area (Å²) in [7, 11) is 0. The highest BCUT2D eigenvalue weighted by atomic mass is 32.1. The molecule has 0 bridgehead atoms. The van der Waals surface area contributed by atoms with Crippen LogP contribution in [0.3, 0.4) is 0 Å². The first-order valence-electron chi connectivity index (χ1n) is 8.96. The van der Waals surface area contributed by atoms with Gasteiger partial charge in [-0.2, -0.15) is 5.26 Å². The lowest BCUT2D eigenvalue weighted by molar-refractivity contribution is -0.892. The highest BCUT2D eigenvalue weighted by Gasteiger charge is 2.23. The van der Waals surface area contributed by atoms with E-state index in [4.69, 9.17) is 0 Å². The molecule has 4 nitrogen and oxygen atoms in total. The second-order valence-corrected chi connectivity index (χ2v) is 7.87. The molecule has 3 rings (SSSR count). The van der Waals surface area contributed by atoms with Gasteiger partial charge in [-0.25, -0.2) is 0 Å².